The average molecular weight is 273 g/mol. The van der Waals surface area contributed by atoms with E-state index in [1.165, 1.54) is 5.56 Å². The van der Waals surface area contributed by atoms with Crippen molar-refractivity contribution >= 4 is 0 Å². The van der Waals surface area contributed by atoms with Gasteiger partial charge in [0.1, 0.15) is 0 Å². The molecule has 0 saturated carbocycles. The summed E-state index contributed by atoms with van der Waals surface area (Å²) >= 11 is 0. The molecule has 1 fully saturated rings. The quantitative estimate of drug-likeness (QED) is 0.867. The zero-order valence-electron chi connectivity index (χ0n) is 11.6. The molecule has 2 heterocycles. The molecule has 1 aliphatic heterocycles. The predicted molar refractivity (Wildman–Crippen MR) is 73.9 cm³/mol. The molecule has 1 aromatic carbocycles. The van der Waals surface area contributed by atoms with Gasteiger partial charge >= 0.3 is 0 Å². The predicted octanol–water partition coefficient (Wildman–Crippen LogP) is 0.678. The lowest BCUT2D eigenvalue weighted by molar-refractivity contribution is -0.104. The molecule has 6 heteroatoms. The number of hydrogen-bond donors (Lipinski definition) is 1. The largest absolute Gasteiger partial charge is 0.387 e. The van der Waals surface area contributed by atoms with Crippen molar-refractivity contribution in [2.24, 2.45) is 0 Å². The smallest absolute Gasteiger partial charge is 0.165 e. The van der Waals surface area contributed by atoms with Gasteiger partial charge in [0.15, 0.2) is 5.82 Å². The molecule has 0 radical (unpaired) electrons. The van der Waals surface area contributed by atoms with E-state index in [0.717, 1.165) is 12.2 Å². The lowest BCUT2D eigenvalue weighted by atomic mass is 9.91. The first-order valence-corrected chi connectivity index (χ1v) is 6.92. The number of tetrazole rings is 1. The maximum atomic E-state index is 10.0. The normalized spacial score (nSPS) is 17.9. The number of aromatic nitrogens is 4. The molecule has 0 spiro atoms. The van der Waals surface area contributed by atoms with Crippen LogP contribution in [0.3, 0.4) is 0 Å². The average Bonchev–Trinajstić information content (AvgIpc) is 2.85. The Bertz CT molecular complexity index is 562. The van der Waals surface area contributed by atoms with Gasteiger partial charge in [-0.25, -0.2) is 4.68 Å². The summed E-state index contributed by atoms with van der Waals surface area (Å²) in [6.07, 6.45) is 0.790. The second-order valence-electron chi connectivity index (χ2n) is 5.46. The third-order valence-corrected chi connectivity index (χ3v) is 3.84. The summed E-state index contributed by atoms with van der Waals surface area (Å²) in [4.78, 5) is 2.16. The van der Waals surface area contributed by atoms with E-state index in [9.17, 15) is 5.11 Å². The van der Waals surface area contributed by atoms with Gasteiger partial charge in [0.25, 0.3) is 0 Å². The van der Waals surface area contributed by atoms with E-state index >= 15 is 0 Å². The Morgan fingerprint density at radius 1 is 1.20 bits per heavy atom. The van der Waals surface area contributed by atoms with Crippen LogP contribution in [0.25, 0.3) is 0 Å². The van der Waals surface area contributed by atoms with Gasteiger partial charge < -0.3 is 5.11 Å². The molecule has 2 aromatic rings. The molecule has 0 bridgehead atoms. The topological polar surface area (TPSA) is 67.1 Å². The van der Waals surface area contributed by atoms with Crippen molar-refractivity contribution in [3.63, 3.8) is 0 Å². The molecule has 0 aliphatic carbocycles. The Morgan fingerprint density at radius 3 is 2.65 bits per heavy atom. The number of benzene rings is 1. The van der Waals surface area contributed by atoms with E-state index < -0.39 is 5.60 Å². The monoisotopic (exact) mass is 273 g/mol. The lowest BCUT2D eigenvalue weighted by Gasteiger charge is -2.45. The van der Waals surface area contributed by atoms with Gasteiger partial charge in [0.05, 0.1) is 18.7 Å². The van der Waals surface area contributed by atoms with E-state index in [-0.39, 0.29) is 0 Å². The third-order valence-electron chi connectivity index (χ3n) is 3.84. The van der Waals surface area contributed by atoms with Crippen molar-refractivity contribution in [2.75, 3.05) is 13.1 Å². The zero-order valence-corrected chi connectivity index (χ0v) is 11.6. The second kappa shape index (κ2) is 5.30. The van der Waals surface area contributed by atoms with Crippen molar-refractivity contribution in [2.45, 2.75) is 32.0 Å². The van der Waals surface area contributed by atoms with Gasteiger partial charge in [-0.3, -0.25) is 4.90 Å². The molecule has 1 aromatic heterocycles. The SMILES string of the molecule is CCC1(O)CN(Cc2nnnn2Cc2ccccc2)C1. The number of hydrogen-bond acceptors (Lipinski definition) is 5. The molecule has 1 aliphatic rings. The van der Waals surface area contributed by atoms with Crippen LogP contribution in [-0.4, -0.2) is 48.9 Å². The molecular formula is C14H19N5O. The Kier molecular flexibility index (Phi) is 3.50. The highest BCUT2D eigenvalue weighted by molar-refractivity contribution is 5.15. The minimum Gasteiger partial charge on any atom is -0.387 e. The van der Waals surface area contributed by atoms with Crippen LogP contribution >= 0.6 is 0 Å². The van der Waals surface area contributed by atoms with Gasteiger partial charge in [-0.15, -0.1) is 5.10 Å². The molecule has 20 heavy (non-hydrogen) atoms. The number of rotatable bonds is 5. The van der Waals surface area contributed by atoms with Crippen LogP contribution in [0.5, 0.6) is 0 Å². The van der Waals surface area contributed by atoms with E-state index in [0.29, 0.717) is 26.2 Å². The number of likely N-dealkylation sites (tertiary alicyclic amines) is 1. The van der Waals surface area contributed by atoms with Crippen molar-refractivity contribution < 1.29 is 5.11 Å². The Balaban J connectivity index is 1.63. The van der Waals surface area contributed by atoms with Crippen molar-refractivity contribution in [3.8, 4) is 0 Å². The van der Waals surface area contributed by atoms with Crippen molar-refractivity contribution in [1.29, 1.82) is 0 Å². The van der Waals surface area contributed by atoms with Gasteiger partial charge in [0, 0.05) is 13.1 Å². The van der Waals surface area contributed by atoms with E-state index in [2.05, 4.69) is 32.6 Å². The zero-order chi connectivity index (χ0) is 14.0. The highest BCUT2D eigenvalue weighted by Gasteiger charge is 2.39. The molecule has 106 valence electrons. The standard InChI is InChI=1S/C14H19N5O/c1-2-14(20)10-18(11-14)9-13-15-16-17-19(13)8-12-6-4-3-5-7-12/h3-7,20H,2,8-11H2,1H3. The van der Waals surface area contributed by atoms with Gasteiger partial charge in [-0.2, -0.15) is 0 Å². The summed E-state index contributed by atoms with van der Waals surface area (Å²) in [7, 11) is 0. The third kappa shape index (κ3) is 2.71. The first-order chi connectivity index (χ1) is 9.68. The fourth-order valence-electron chi connectivity index (χ4n) is 2.54. The Hall–Kier alpha value is -1.79. The minimum atomic E-state index is -0.516. The summed E-state index contributed by atoms with van der Waals surface area (Å²) in [6.45, 7) is 4.76. The summed E-state index contributed by atoms with van der Waals surface area (Å²) in [6, 6.07) is 10.1. The van der Waals surface area contributed by atoms with Crippen LogP contribution in [0.1, 0.15) is 24.7 Å². The molecule has 6 nitrogen and oxygen atoms in total. The van der Waals surface area contributed by atoms with Crippen LogP contribution in [0.4, 0.5) is 0 Å². The first-order valence-electron chi connectivity index (χ1n) is 6.92. The summed E-state index contributed by atoms with van der Waals surface area (Å²) in [5.41, 5.74) is 0.660. The fourth-order valence-corrected chi connectivity index (χ4v) is 2.54. The van der Waals surface area contributed by atoms with Crippen LogP contribution in [0, 0.1) is 0 Å². The molecule has 1 saturated heterocycles. The van der Waals surface area contributed by atoms with Gasteiger partial charge in [-0.05, 0) is 22.4 Å². The van der Waals surface area contributed by atoms with E-state index in [1.807, 2.05) is 29.8 Å². The van der Waals surface area contributed by atoms with E-state index in [4.69, 9.17) is 0 Å². The second-order valence-corrected chi connectivity index (χ2v) is 5.46. The van der Waals surface area contributed by atoms with Crippen LogP contribution in [0.2, 0.25) is 0 Å². The highest BCUT2D eigenvalue weighted by atomic mass is 16.3. The number of β-amino-alcohol motifs (C(OH)–C–C–N with tert-alkyl or cyclic N) is 1. The van der Waals surface area contributed by atoms with Crippen LogP contribution in [-0.2, 0) is 13.1 Å². The molecule has 0 unspecified atom stereocenters. The summed E-state index contributed by atoms with van der Waals surface area (Å²) < 4.78 is 1.82. The van der Waals surface area contributed by atoms with E-state index in [1.54, 1.807) is 0 Å². The maximum absolute atomic E-state index is 10.0. The summed E-state index contributed by atoms with van der Waals surface area (Å²) in [5, 5.41) is 21.9. The number of aliphatic hydroxyl groups is 1. The fraction of sp³-hybridized carbons (Fsp3) is 0.500. The Morgan fingerprint density at radius 2 is 1.95 bits per heavy atom. The van der Waals surface area contributed by atoms with Crippen LogP contribution < -0.4 is 0 Å². The van der Waals surface area contributed by atoms with Crippen molar-refractivity contribution in [1.82, 2.24) is 25.1 Å². The van der Waals surface area contributed by atoms with Crippen LogP contribution in [0.15, 0.2) is 30.3 Å². The summed E-state index contributed by atoms with van der Waals surface area (Å²) in [5.74, 6) is 0.840. The number of nitrogens with zero attached hydrogens (tertiary/aromatic N) is 5. The molecule has 0 atom stereocenters. The lowest BCUT2D eigenvalue weighted by Crippen LogP contribution is -2.60. The van der Waals surface area contributed by atoms with Gasteiger partial charge in [-0.1, -0.05) is 37.3 Å². The molecular weight excluding hydrogens is 254 g/mol. The van der Waals surface area contributed by atoms with Gasteiger partial charge in [0.2, 0.25) is 0 Å². The highest BCUT2D eigenvalue weighted by Crippen LogP contribution is 2.25. The minimum absolute atomic E-state index is 0.516. The maximum Gasteiger partial charge on any atom is 0.165 e. The first kappa shape index (κ1) is 13.2. The molecule has 0 amide bonds. The molecule has 3 rings (SSSR count). The van der Waals surface area contributed by atoms with Crippen molar-refractivity contribution in [3.05, 3.63) is 41.7 Å². The Labute approximate surface area is 118 Å². The molecule has 1 N–H and O–H groups in total.